The molecule has 2 aromatic carbocycles. The van der Waals surface area contributed by atoms with Gasteiger partial charge in [0.15, 0.2) is 0 Å². The van der Waals surface area contributed by atoms with E-state index in [1.54, 1.807) is 16.8 Å². The Morgan fingerprint density at radius 3 is 2.62 bits per heavy atom. The second kappa shape index (κ2) is 7.49. The molecular formula is C23H17ClF2N6. The van der Waals surface area contributed by atoms with Crippen molar-refractivity contribution in [1.29, 1.82) is 0 Å². The molecule has 0 spiro atoms. The van der Waals surface area contributed by atoms with Gasteiger partial charge in [-0.15, -0.1) is 10.2 Å². The van der Waals surface area contributed by atoms with Crippen molar-refractivity contribution in [2.45, 2.75) is 12.8 Å². The SMILES string of the molecule is CN(c1cccc(-c2ccc(C(C)(F)F)nc2)c1)c1nc2nncn2c2cc(Cl)ccc12. The molecule has 3 aromatic heterocycles. The van der Waals surface area contributed by atoms with Crippen LogP contribution in [0.15, 0.2) is 67.1 Å². The zero-order valence-corrected chi connectivity index (χ0v) is 17.9. The van der Waals surface area contributed by atoms with Crippen LogP contribution in [-0.4, -0.2) is 31.6 Å². The zero-order valence-electron chi connectivity index (χ0n) is 17.2. The Morgan fingerprint density at radius 2 is 1.88 bits per heavy atom. The van der Waals surface area contributed by atoms with Crippen LogP contribution in [0.5, 0.6) is 0 Å². The van der Waals surface area contributed by atoms with E-state index in [4.69, 9.17) is 11.6 Å². The normalized spacial score (nSPS) is 11.9. The number of anilines is 2. The number of alkyl halides is 2. The number of benzene rings is 2. The highest BCUT2D eigenvalue weighted by atomic mass is 35.5. The third kappa shape index (κ3) is 3.52. The summed E-state index contributed by atoms with van der Waals surface area (Å²) in [6.45, 7) is 0.835. The van der Waals surface area contributed by atoms with Crippen LogP contribution >= 0.6 is 11.6 Å². The molecule has 0 amide bonds. The Labute approximate surface area is 187 Å². The van der Waals surface area contributed by atoms with E-state index in [0.29, 0.717) is 16.6 Å². The molecular weight excluding hydrogens is 434 g/mol. The number of pyridine rings is 1. The predicted octanol–water partition coefficient (Wildman–Crippen LogP) is 5.87. The van der Waals surface area contributed by atoms with E-state index in [1.807, 2.05) is 54.4 Å². The highest BCUT2D eigenvalue weighted by Crippen LogP contribution is 2.33. The Kier molecular flexibility index (Phi) is 4.74. The fraction of sp³-hybridized carbons (Fsp3) is 0.130. The minimum atomic E-state index is -2.98. The lowest BCUT2D eigenvalue weighted by Crippen LogP contribution is -2.13. The molecule has 0 aliphatic rings. The fourth-order valence-electron chi connectivity index (χ4n) is 3.62. The molecule has 5 aromatic rings. The highest BCUT2D eigenvalue weighted by Gasteiger charge is 2.25. The molecule has 0 radical (unpaired) electrons. The van der Waals surface area contributed by atoms with E-state index in [9.17, 15) is 8.78 Å². The van der Waals surface area contributed by atoms with Crippen molar-refractivity contribution in [3.05, 3.63) is 77.8 Å². The predicted molar refractivity (Wildman–Crippen MR) is 121 cm³/mol. The van der Waals surface area contributed by atoms with Crippen molar-refractivity contribution in [3.63, 3.8) is 0 Å². The van der Waals surface area contributed by atoms with E-state index in [2.05, 4.69) is 20.2 Å². The summed E-state index contributed by atoms with van der Waals surface area (Å²) in [6, 6.07) is 16.3. The number of nitrogens with zero attached hydrogens (tertiary/aromatic N) is 6. The molecule has 3 heterocycles. The van der Waals surface area contributed by atoms with E-state index in [0.717, 1.165) is 34.6 Å². The van der Waals surface area contributed by atoms with Crippen LogP contribution < -0.4 is 4.90 Å². The molecule has 0 saturated heterocycles. The Morgan fingerprint density at radius 1 is 1.03 bits per heavy atom. The van der Waals surface area contributed by atoms with E-state index in [-0.39, 0.29) is 5.69 Å². The van der Waals surface area contributed by atoms with Gasteiger partial charge in [0.05, 0.1) is 5.52 Å². The van der Waals surface area contributed by atoms with Gasteiger partial charge < -0.3 is 4.90 Å². The van der Waals surface area contributed by atoms with Crippen LogP contribution in [-0.2, 0) is 5.92 Å². The summed E-state index contributed by atoms with van der Waals surface area (Å²) in [7, 11) is 1.90. The van der Waals surface area contributed by atoms with Crippen LogP contribution in [0, 0.1) is 0 Å². The summed E-state index contributed by atoms with van der Waals surface area (Å²) >= 11 is 6.22. The second-order valence-corrected chi connectivity index (χ2v) is 7.96. The fourth-order valence-corrected chi connectivity index (χ4v) is 3.79. The number of fused-ring (bicyclic) bond motifs is 3. The van der Waals surface area contributed by atoms with Crippen LogP contribution in [0.2, 0.25) is 5.02 Å². The monoisotopic (exact) mass is 450 g/mol. The van der Waals surface area contributed by atoms with Gasteiger partial charge in [0.2, 0.25) is 0 Å². The summed E-state index contributed by atoms with van der Waals surface area (Å²) in [5, 5.41) is 9.53. The third-order valence-electron chi connectivity index (χ3n) is 5.29. The number of hydrogen-bond acceptors (Lipinski definition) is 5. The molecule has 0 N–H and O–H groups in total. The van der Waals surface area contributed by atoms with Gasteiger partial charge in [-0.25, -0.2) is 0 Å². The van der Waals surface area contributed by atoms with Crippen molar-refractivity contribution in [2.24, 2.45) is 0 Å². The lowest BCUT2D eigenvalue weighted by atomic mass is 10.1. The van der Waals surface area contributed by atoms with Crippen molar-refractivity contribution in [2.75, 3.05) is 11.9 Å². The van der Waals surface area contributed by atoms with Gasteiger partial charge in [0.25, 0.3) is 11.7 Å². The molecule has 0 bridgehead atoms. The van der Waals surface area contributed by atoms with E-state index in [1.165, 1.54) is 12.3 Å². The van der Waals surface area contributed by atoms with E-state index < -0.39 is 5.92 Å². The van der Waals surface area contributed by atoms with E-state index >= 15 is 0 Å². The van der Waals surface area contributed by atoms with Crippen LogP contribution in [0.4, 0.5) is 20.3 Å². The van der Waals surface area contributed by atoms with Gasteiger partial charge in [-0.1, -0.05) is 29.8 Å². The highest BCUT2D eigenvalue weighted by molar-refractivity contribution is 6.31. The largest absolute Gasteiger partial charge is 0.329 e. The van der Waals surface area contributed by atoms with Gasteiger partial charge in [-0.2, -0.15) is 13.8 Å². The number of aromatic nitrogens is 5. The quantitative estimate of drug-likeness (QED) is 0.342. The van der Waals surface area contributed by atoms with Gasteiger partial charge in [0.1, 0.15) is 17.8 Å². The summed E-state index contributed by atoms with van der Waals surface area (Å²) in [6.07, 6.45) is 3.06. The number of hydrogen-bond donors (Lipinski definition) is 0. The Bertz CT molecular complexity index is 1440. The average molecular weight is 451 g/mol. The number of rotatable bonds is 4. The molecule has 6 nitrogen and oxygen atoms in total. The first kappa shape index (κ1) is 20.3. The molecule has 0 saturated carbocycles. The van der Waals surface area contributed by atoms with Crippen LogP contribution in [0.25, 0.3) is 27.8 Å². The molecule has 0 aliphatic carbocycles. The summed E-state index contributed by atoms with van der Waals surface area (Å²) in [4.78, 5) is 10.6. The zero-order chi connectivity index (χ0) is 22.5. The van der Waals surface area contributed by atoms with Crippen molar-refractivity contribution in [3.8, 4) is 11.1 Å². The molecule has 0 fully saturated rings. The Hall–Kier alpha value is -3.65. The smallest absolute Gasteiger partial charge is 0.286 e. The molecule has 9 heteroatoms. The molecule has 0 aliphatic heterocycles. The summed E-state index contributed by atoms with van der Waals surface area (Å²) < 4.78 is 28.8. The first-order chi connectivity index (χ1) is 15.3. The topological polar surface area (TPSA) is 59.2 Å². The van der Waals surface area contributed by atoms with Crippen LogP contribution in [0.1, 0.15) is 12.6 Å². The average Bonchev–Trinajstić information content (AvgIpc) is 3.26. The summed E-state index contributed by atoms with van der Waals surface area (Å²) in [5.74, 6) is -1.83. The van der Waals surface area contributed by atoms with Crippen molar-refractivity contribution >= 4 is 39.8 Å². The molecule has 5 rings (SSSR count). The van der Waals surface area contributed by atoms with Crippen LogP contribution in [0.3, 0.4) is 0 Å². The minimum Gasteiger partial charge on any atom is -0.329 e. The third-order valence-corrected chi connectivity index (χ3v) is 5.53. The standard InChI is InChI=1S/C23H17ClF2N6/c1-23(25,26)20-9-6-15(12-27-20)14-4-3-5-17(10-14)31(2)21-18-8-7-16(24)11-19(18)32-13-28-30-22(32)29-21/h3-13H,1-2H3. The van der Waals surface area contributed by atoms with Gasteiger partial charge in [0, 0.05) is 41.8 Å². The number of halogens is 3. The van der Waals surface area contributed by atoms with Gasteiger partial charge in [-0.05, 0) is 42.0 Å². The molecule has 32 heavy (non-hydrogen) atoms. The van der Waals surface area contributed by atoms with Gasteiger partial charge in [-0.3, -0.25) is 9.38 Å². The second-order valence-electron chi connectivity index (χ2n) is 7.53. The Balaban J connectivity index is 1.58. The molecule has 0 atom stereocenters. The molecule has 0 unspecified atom stereocenters. The first-order valence-corrected chi connectivity index (χ1v) is 10.2. The molecule has 160 valence electrons. The maximum Gasteiger partial charge on any atom is 0.286 e. The van der Waals surface area contributed by atoms with Crippen molar-refractivity contribution in [1.82, 2.24) is 24.6 Å². The van der Waals surface area contributed by atoms with Crippen molar-refractivity contribution < 1.29 is 8.78 Å². The lowest BCUT2D eigenvalue weighted by molar-refractivity contribution is 0.0128. The first-order valence-electron chi connectivity index (χ1n) is 9.79. The van der Waals surface area contributed by atoms with Gasteiger partial charge >= 0.3 is 0 Å². The minimum absolute atomic E-state index is 0.259. The maximum atomic E-state index is 13.5. The maximum absolute atomic E-state index is 13.5. The summed E-state index contributed by atoms with van der Waals surface area (Å²) in [5.41, 5.74) is 3.03. The lowest BCUT2D eigenvalue weighted by Gasteiger charge is -2.21.